The normalized spacial score (nSPS) is 19.0. The summed E-state index contributed by atoms with van der Waals surface area (Å²) in [5.74, 6) is 2.02. The van der Waals surface area contributed by atoms with E-state index in [4.69, 9.17) is 9.15 Å². The van der Waals surface area contributed by atoms with E-state index in [9.17, 15) is 4.79 Å². The molecule has 1 aromatic heterocycles. The van der Waals surface area contributed by atoms with Crippen LogP contribution in [0.2, 0.25) is 0 Å². The highest BCUT2D eigenvalue weighted by Crippen LogP contribution is 2.40. The highest BCUT2D eigenvalue weighted by atomic mass is 32.2. The Balaban J connectivity index is 1.33. The number of fused-ring (bicyclic) bond motifs is 1. The summed E-state index contributed by atoms with van der Waals surface area (Å²) < 4.78 is 11.8. The van der Waals surface area contributed by atoms with E-state index >= 15 is 0 Å². The van der Waals surface area contributed by atoms with Crippen LogP contribution in [-0.2, 0) is 4.79 Å². The van der Waals surface area contributed by atoms with Crippen LogP contribution >= 0.6 is 11.8 Å². The quantitative estimate of drug-likeness (QED) is 0.502. The number of para-hydroxylation sites is 2. The second-order valence-corrected chi connectivity index (χ2v) is 8.93. The predicted octanol–water partition coefficient (Wildman–Crippen LogP) is 5.38. The van der Waals surface area contributed by atoms with Gasteiger partial charge in [0.15, 0.2) is 0 Å². The largest absolute Gasteiger partial charge is 0.489 e. The first-order chi connectivity index (χ1) is 15.3. The fraction of sp³-hybridized carbons (Fsp3) is 0.375. The van der Waals surface area contributed by atoms with Gasteiger partial charge in [0.1, 0.15) is 12.4 Å². The van der Waals surface area contributed by atoms with Gasteiger partial charge in [-0.1, -0.05) is 73.5 Å². The molecule has 160 valence electrons. The minimum absolute atomic E-state index is 0.00739. The molecule has 1 amide bonds. The van der Waals surface area contributed by atoms with E-state index in [0.717, 1.165) is 29.8 Å². The zero-order chi connectivity index (χ0) is 21.0. The van der Waals surface area contributed by atoms with Gasteiger partial charge in [0.25, 0.3) is 5.22 Å². The maximum Gasteiger partial charge on any atom is 0.277 e. The third-order valence-electron chi connectivity index (χ3n) is 5.98. The van der Waals surface area contributed by atoms with E-state index in [-0.39, 0.29) is 17.7 Å². The van der Waals surface area contributed by atoms with Crippen LogP contribution in [0.3, 0.4) is 0 Å². The van der Waals surface area contributed by atoms with Crippen LogP contribution in [0, 0.1) is 0 Å². The van der Waals surface area contributed by atoms with Crippen LogP contribution in [0.4, 0.5) is 5.69 Å². The fourth-order valence-electron chi connectivity index (χ4n) is 4.40. The molecule has 1 saturated carbocycles. The van der Waals surface area contributed by atoms with E-state index < -0.39 is 0 Å². The van der Waals surface area contributed by atoms with Gasteiger partial charge in [-0.25, -0.2) is 0 Å². The van der Waals surface area contributed by atoms with E-state index in [1.807, 2.05) is 59.5 Å². The summed E-state index contributed by atoms with van der Waals surface area (Å²) in [4.78, 5) is 15.2. The number of anilines is 1. The molecule has 1 atom stereocenters. The molecule has 0 bridgehead atoms. The summed E-state index contributed by atoms with van der Waals surface area (Å²) in [7, 11) is 0. The Morgan fingerprint density at radius 1 is 1.00 bits per heavy atom. The van der Waals surface area contributed by atoms with Crippen molar-refractivity contribution in [2.24, 2.45) is 0 Å². The Labute approximate surface area is 186 Å². The van der Waals surface area contributed by atoms with Crippen molar-refractivity contribution in [2.75, 3.05) is 17.3 Å². The van der Waals surface area contributed by atoms with E-state index in [2.05, 4.69) is 10.2 Å². The lowest BCUT2D eigenvalue weighted by molar-refractivity contribution is -0.117. The molecule has 0 radical (unpaired) electrons. The molecule has 7 heteroatoms. The lowest BCUT2D eigenvalue weighted by Crippen LogP contribution is -2.42. The van der Waals surface area contributed by atoms with Crippen molar-refractivity contribution in [1.82, 2.24) is 10.2 Å². The average Bonchev–Trinajstić information content (AvgIpc) is 3.32. The molecule has 0 spiro atoms. The Kier molecular flexibility index (Phi) is 5.93. The summed E-state index contributed by atoms with van der Waals surface area (Å²) in [5.41, 5.74) is 1.84. The Morgan fingerprint density at radius 3 is 2.61 bits per heavy atom. The van der Waals surface area contributed by atoms with Crippen LogP contribution < -0.4 is 9.64 Å². The summed E-state index contributed by atoms with van der Waals surface area (Å²) in [6, 6.07) is 17.5. The molecule has 1 aliphatic carbocycles. The first-order valence-corrected chi connectivity index (χ1v) is 11.8. The lowest BCUT2D eigenvalue weighted by Gasteiger charge is -2.37. The molecule has 1 unspecified atom stereocenters. The van der Waals surface area contributed by atoms with E-state index in [1.165, 1.54) is 31.0 Å². The van der Waals surface area contributed by atoms with Gasteiger partial charge in [0.2, 0.25) is 11.8 Å². The van der Waals surface area contributed by atoms with Crippen LogP contribution in [-0.4, -0.2) is 28.5 Å². The fourth-order valence-corrected chi connectivity index (χ4v) is 5.03. The maximum absolute atomic E-state index is 13.4. The molecular weight excluding hydrogens is 410 g/mol. The minimum atomic E-state index is -0.176. The van der Waals surface area contributed by atoms with Crippen molar-refractivity contribution in [3.05, 3.63) is 66.1 Å². The summed E-state index contributed by atoms with van der Waals surface area (Å²) >= 11 is 1.31. The van der Waals surface area contributed by atoms with Gasteiger partial charge in [-0.05, 0) is 30.5 Å². The minimum Gasteiger partial charge on any atom is -0.489 e. The molecular formula is C24H25N3O3S. The number of hydrogen-bond acceptors (Lipinski definition) is 6. The van der Waals surface area contributed by atoms with Gasteiger partial charge in [0, 0.05) is 5.92 Å². The molecule has 2 heterocycles. The summed E-state index contributed by atoms with van der Waals surface area (Å²) in [5, 5.41) is 8.89. The third-order valence-corrected chi connectivity index (χ3v) is 6.79. The Bertz CT molecular complexity index is 1030. The number of aromatic nitrogens is 2. The number of nitrogens with zero attached hydrogens (tertiary/aromatic N) is 3. The van der Waals surface area contributed by atoms with Gasteiger partial charge in [-0.15, -0.1) is 10.2 Å². The highest BCUT2D eigenvalue weighted by molar-refractivity contribution is 7.99. The number of carbonyl (C=O) groups excluding carboxylic acids is 1. The molecule has 1 fully saturated rings. The molecule has 3 aromatic rings. The van der Waals surface area contributed by atoms with Crippen LogP contribution in [0.15, 0.2) is 64.2 Å². The lowest BCUT2D eigenvalue weighted by atomic mass is 9.89. The highest BCUT2D eigenvalue weighted by Gasteiger charge is 2.33. The van der Waals surface area contributed by atoms with Crippen LogP contribution in [0.25, 0.3) is 0 Å². The smallest absolute Gasteiger partial charge is 0.277 e. The third kappa shape index (κ3) is 4.32. The van der Waals surface area contributed by atoms with Gasteiger partial charge >= 0.3 is 0 Å². The predicted molar refractivity (Wildman–Crippen MR) is 119 cm³/mol. The van der Waals surface area contributed by atoms with Gasteiger partial charge < -0.3 is 9.15 Å². The maximum atomic E-state index is 13.4. The van der Waals surface area contributed by atoms with Crippen molar-refractivity contribution >= 4 is 23.4 Å². The standard InChI is InChI=1S/C24H25N3O3S/c28-22(16-31-24-26-25-23(30-24)18-11-5-2-6-12-18)27-19-13-7-8-14-21(19)29-15-20(27)17-9-3-1-4-10-17/h1,3-4,7-10,13-14,18,20H,2,5-6,11-12,15-16H2. The number of benzene rings is 2. The summed E-state index contributed by atoms with van der Waals surface area (Å²) in [6.07, 6.45) is 5.92. The second-order valence-electron chi connectivity index (χ2n) is 8.00. The monoisotopic (exact) mass is 435 g/mol. The Hall–Kier alpha value is -2.80. The van der Waals surface area contributed by atoms with Crippen molar-refractivity contribution in [3.63, 3.8) is 0 Å². The molecule has 31 heavy (non-hydrogen) atoms. The molecule has 5 rings (SSSR count). The number of carbonyl (C=O) groups is 1. The first kappa shape index (κ1) is 20.1. The van der Waals surface area contributed by atoms with Crippen molar-refractivity contribution in [3.8, 4) is 5.75 Å². The topological polar surface area (TPSA) is 68.5 Å². The first-order valence-electron chi connectivity index (χ1n) is 10.8. The second kappa shape index (κ2) is 9.14. The van der Waals surface area contributed by atoms with Crippen LogP contribution in [0.1, 0.15) is 55.5 Å². The average molecular weight is 436 g/mol. The van der Waals surface area contributed by atoms with Crippen molar-refractivity contribution < 1.29 is 13.9 Å². The number of amides is 1. The molecule has 2 aromatic carbocycles. The zero-order valence-corrected chi connectivity index (χ0v) is 18.1. The SMILES string of the molecule is O=C(CSc1nnc(C2CCCCC2)o1)N1c2ccccc2OCC1c1ccccc1. The van der Waals surface area contributed by atoms with Gasteiger partial charge in [0.05, 0.1) is 17.5 Å². The molecule has 0 saturated heterocycles. The van der Waals surface area contributed by atoms with Gasteiger partial charge in [-0.2, -0.15) is 0 Å². The molecule has 2 aliphatic rings. The number of ether oxygens (including phenoxy) is 1. The Morgan fingerprint density at radius 2 is 1.77 bits per heavy atom. The van der Waals surface area contributed by atoms with Crippen LogP contribution in [0.5, 0.6) is 5.75 Å². The molecule has 6 nitrogen and oxygen atoms in total. The van der Waals surface area contributed by atoms with Crippen molar-refractivity contribution in [2.45, 2.75) is 49.3 Å². The summed E-state index contributed by atoms with van der Waals surface area (Å²) in [6.45, 7) is 0.420. The number of thioether (sulfide) groups is 1. The zero-order valence-electron chi connectivity index (χ0n) is 17.3. The number of hydrogen-bond donors (Lipinski definition) is 0. The van der Waals surface area contributed by atoms with E-state index in [0.29, 0.717) is 23.6 Å². The number of rotatable bonds is 5. The molecule has 0 N–H and O–H groups in total. The van der Waals surface area contributed by atoms with E-state index in [1.54, 1.807) is 0 Å². The van der Waals surface area contributed by atoms with Crippen molar-refractivity contribution in [1.29, 1.82) is 0 Å². The van der Waals surface area contributed by atoms with Gasteiger partial charge in [-0.3, -0.25) is 9.69 Å². The molecule has 1 aliphatic heterocycles.